The molecule has 1 aromatic heterocycles. The van der Waals surface area contributed by atoms with E-state index in [1.54, 1.807) is 0 Å². The van der Waals surface area contributed by atoms with E-state index in [0.717, 1.165) is 67.4 Å². The second kappa shape index (κ2) is 9.29. The highest BCUT2D eigenvalue weighted by Crippen LogP contribution is 2.28. The van der Waals surface area contributed by atoms with E-state index in [9.17, 15) is 0 Å². The van der Waals surface area contributed by atoms with E-state index in [2.05, 4.69) is 63.7 Å². The Labute approximate surface area is 179 Å². The Kier molecular flexibility index (Phi) is 6.51. The van der Waals surface area contributed by atoms with E-state index in [1.807, 2.05) is 13.1 Å². The van der Waals surface area contributed by atoms with Crippen LogP contribution < -0.4 is 21.2 Å². The summed E-state index contributed by atoms with van der Waals surface area (Å²) in [7, 11) is 2.20. The van der Waals surface area contributed by atoms with E-state index < -0.39 is 0 Å². The number of nitrogens with one attached hydrogen (secondary N) is 2. The van der Waals surface area contributed by atoms with Crippen LogP contribution in [0.5, 0.6) is 0 Å². The summed E-state index contributed by atoms with van der Waals surface area (Å²) < 4.78 is 5.45. The van der Waals surface area contributed by atoms with Crippen molar-refractivity contribution in [2.75, 3.05) is 51.9 Å². The van der Waals surface area contributed by atoms with Crippen LogP contribution >= 0.6 is 0 Å². The topological polar surface area (TPSA) is 65.6 Å². The molecule has 1 aliphatic heterocycles. The first-order valence-corrected chi connectivity index (χ1v) is 11.1. The number of fused-ring (bicyclic) bond motifs is 1. The van der Waals surface area contributed by atoms with Crippen LogP contribution in [-0.2, 0) is 4.74 Å². The normalized spacial score (nSPS) is 24.8. The van der Waals surface area contributed by atoms with E-state index in [-0.39, 0.29) is 5.54 Å². The van der Waals surface area contributed by atoms with Crippen LogP contribution in [0, 0.1) is 0 Å². The van der Waals surface area contributed by atoms with Gasteiger partial charge in [-0.2, -0.15) is 0 Å². The van der Waals surface area contributed by atoms with Gasteiger partial charge in [0.25, 0.3) is 0 Å². The zero-order valence-electron chi connectivity index (χ0n) is 18.4. The van der Waals surface area contributed by atoms with Gasteiger partial charge < -0.3 is 20.3 Å². The molecule has 1 unspecified atom stereocenters. The van der Waals surface area contributed by atoms with Gasteiger partial charge in [-0.3, -0.25) is 4.90 Å². The molecule has 4 rings (SSSR count). The van der Waals surface area contributed by atoms with Crippen LogP contribution in [0.1, 0.15) is 33.1 Å². The number of nitrogens with zero attached hydrogens (tertiary/aromatic N) is 4. The molecule has 7 heteroatoms. The van der Waals surface area contributed by atoms with Gasteiger partial charge in [-0.1, -0.05) is 18.2 Å². The number of likely N-dealkylation sites (N-methyl/N-ethyl adjacent to an activating group) is 1. The fourth-order valence-corrected chi connectivity index (χ4v) is 4.24. The summed E-state index contributed by atoms with van der Waals surface area (Å²) in [6.07, 6.45) is 13.8. The van der Waals surface area contributed by atoms with Gasteiger partial charge in [0, 0.05) is 61.1 Å². The van der Waals surface area contributed by atoms with Gasteiger partial charge >= 0.3 is 0 Å². The number of ether oxygens (including phenoxy) is 1. The van der Waals surface area contributed by atoms with E-state index in [4.69, 9.17) is 9.72 Å². The molecule has 1 fully saturated rings. The standard InChI is InChI=1S/C23H34N6O/c1-4-30-17-25-20-7-5-6-18-16-24-22(27-21(18)20)26-19-8-10-23(2,11-9-19)29-14-12-28(3)13-15-29/h6,8-10,16,25H,4-5,7,11-15,17H2,1-3H3,(H,26,27). The number of aromatic nitrogens is 2. The van der Waals surface area contributed by atoms with Crippen molar-refractivity contribution in [3.63, 3.8) is 0 Å². The molecule has 0 bridgehead atoms. The molecule has 1 aromatic rings. The molecule has 0 radical (unpaired) electrons. The molecule has 1 atom stereocenters. The molecule has 30 heavy (non-hydrogen) atoms. The summed E-state index contributed by atoms with van der Waals surface area (Å²) in [5, 5.41) is 8.84. The molecule has 0 saturated carbocycles. The largest absolute Gasteiger partial charge is 0.364 e. The van der Waals surface area contributed by atoms with Crippen LogP contribution in [0.4, 0.5) is 5.95 Å². The van der Waals surface area contributed by atoms with E-state index >= 15 is 0 Å². The number of piperazine rings is 1. The van der Waals surface area contributed by atoms with Crippen LogP contribution in [0.3, 0.4) is 0 Å². The van der Waals surface area contributed by atoms with Gasteiger partial charge in [-0.25, -0.2) is 9.97 Å². The average Bonchev–Trinajstić information content (AvgIpc) is 2.76. The maximum Gasteiger partial charge on any atom is 0.227 e. The Balaban J connectivity index is 1.46. The Morgan fingerprint density at radius 2 is 2.03 bits per heavy atom. The minimum Gasteiger partial charge on any atom is -0.364 e. The third kappa shape index (κ3) is 4.74. The van der Waals surface area contributed by atoms with Crippen molar-refractivity contribution in [3.05, 3.63) is 40.7 Å². The van der Waals surface area contributed by atoms with Gasteiger partial charge in [0.15, 0.2) is 0 Å². The second-order valence-electron chi connectivity index (χ2n) is 8.50. The summed E-state index contributed by atoms with van der Waals surface area (Å²) in [4.78, 5) is 14.3. The second-order valence-corrected chi connectivity index (χ2v) is 8.50. The minimum absolute atomic E-state index is 0.0856. The van der Waals surface area contributed by atoms with Crippen molar-refractivity contribution in [1.82, 2.24) is 25.1 Å². The van der Waals surface area contributed by atoms with Crippen molar-refractivity contribution in [2.24, 2.45) is 0 Å². The molecule has 2 aliphatic carbocycles. The molecule has 7 nitrogen and oxygen atoms in total. The summed E-state index contributed by atoms with van der Waals surface area (Å²) in [6.45, 7) is 10.0. The Bertz CT molecular complexity index is 932. The monoisotopic (exact) mass is 410 g/mol. The number of anilines is 1. The number of allylic oxidation sites excluding steroid dienone is 1. The van der Waals surface area contributed by atoms with Crippen molar-refractivity contribution < 1.29 is 4.74 Å². The molecule has 0 amide bonds. The predicted molar refractivity (Wildman–Crippen MR) is 121 cm³/mol. The van der Waals surface area contributed by atoms with Crippen molar-refractivity contribution >= 4 is 17.7 Å². The number of rotatable bonds is 7. The lowest BCUT2D eigenvalue weighted by Crippen LogP contribution is -2.54. The Morgan fingerprint density at radius 1 is 1.20 bits per heavy atom. The third-order valence-electron chi connectivity index (χ3n) is 6.29. The lowest BCUT2D eigenvalue weighted by atomic mass is 9.89. The molecule has 2 N–H and O–H groups in total. The molecule has 2 heterocycles. The average molecular weight is 411 g/mol. The van der Waals surface area contributed by atoms with Gasteiger partial charge in [0.05, 0.1) is 5.35 Å². The third-order valence-corrected chi connectivity index (χ3v) is 6.29. The zero-order valence-corrected chi connectivity index (χ0v) is 18.4. The van der Waals surface area contributed by atoms with Crippen molar-refractivity contribution in [1.29, 1.82) is 0 Å². The first-order chi connectivity index (χ1) is 14.6. The quantitative estimate of drug-likeness (QED) is 0.514. The smallest absolute Gasteiger partial charge is 0.227 e. The van der Waals surface area contributed by atoms with Gasteiger partial charge in [0.2, 0.25) is 5.95 Å². The number of hydrogen-bond donors (Lipinski definition) is 2. The van der Waals surface area contributed by atoms with Crippen LogP contribution in [0.25, 0.3) is 11.8 Å². The van der Waals surface area contributed by atoms with Gasteiger partial charge in [0.1, 0.15) is 6.73 Å². The van der Waals surface area contributed by atoms with Crippen molar-refractivity contribution in [2.45, 2.75) is 38.6 Å². The van der Waals surface area contributed by atoms with Crippen LogP contribution in [0.15, 0.2) is 30.1 Å². The maximum absolute atomic E-state index is 5.45. The van der Waals surface area contributed by atoms with Crippen LogP contribution in [0.2, 0.25) is 0 Å². The lowest BCUT2D eigenvalue weighted by Gasteiger charge is -2.44. The zero-order chi connectivity index (χ0) is 21.0. The maximum atomic E-state index is 5.45. The van der Waals surface area contributed by atoms with Crippen molar-refractivity contribution in [3.8, 4) is 0 Å². The van der Waals surface area contributed by atoms with Crippen LogP contribution in [-0.4, -0.2) is 71.9 Å². The fraction of sp³-hybridized carbons (Fsp3) is 0.565. The highest BCUT2D eigenvalue weighted by molar-refractivity contribution is 5.49. The molecule has 0 spiro atoms. The molecule has 162 valence electrons. The Morgan fingerprint density at radius 3 is 2.77 bits per heavy atom. The highest BCUT2D eigenvalue weighted by atomic mass is 16.5. The van der Waals surface area contributed by atoms with Gasteiger partial charge in [-0.05, 0) is 46.2 Å². The summed E-state index contributed by atoms with van der Waals surface area (Å²) in [5.74, 6) is 0.638. The summed E-state index contributed by atoms with van der Waals surface area (Å²) in [5.41, 5.74) is 2.27. The minimum atomic E-state index is 0.0856. The summed E-state index contributed by atoms with van der Waals surface area (Å²) >= 11 is 0. The van der Waals surface area contributed by atoms with Gasteiger partial charge in [-0.15, -0.1) is 0 Å². The number of hydrogen-bond acceptors (Lipinski definition) is 7. The molecule has 3 aliphatic rings. The Hall–Kier alpha value is -2.22. The molecule has 0 aromatic carbocycles. The first-order valence-electron chi connectivity index (χ1n) is 11.1. The first kappa shape index (κ1) is 21.0. The lowest BCUT2D eigenvalue weighted by molar-refractivity contribution is 0.0801. The fourth-order valence-electron chi connectivity index (χ4n) is 4.24. The highest BCUT2D eigenvalue weighted by Gasteiger charge is 2.32. The summed E-state index contributed by atoms with van der Waals surface area (Å²) in [6, 6.07) is 0. The SMILES string of the molecule is CCOCNC1=c2nc(NC3=CCC(C)(N4CCN(C)CC4)C=C3)ncc2=CCC1. The van der Waals surface area contributed by atoms with E-state index in [1.165, 1.54) is 0 Å². The molecular formula is C23H34N6O. The predicted octanol–water partition coefficient (Wildman–Crippen LogP) is 1.00. The van der Waals surface area contributed by atoms with E-state index in [0.29, 0.717) is 19.3 Å². The molecular weight excluding hydrogens is 376 g/mol. The molecule has 1 saturated heterocycles.